The van der Waals surface area contributed by atoms with Crippen LogP contribution in [-0.4, -0.2) is 11.6 Å². The monoisotopic (exact) mass is 181 g/mol. The summed E-state index contributed by atoms with van der Waals surface area (Å²) in [5.74, 6) is -0.0124. The van der Waals surface area contributed by atoms with Crippen molar-refractivity contribution in [3.63, 3.8) is 0 Å². The van der Waals surface area contributed by atoms with Crippen LogP contribution in [0.15, 0.2) is 30.5 Å². The van der Waals surface area contributed by atoms with Gasteiger partial charge in [0, 0.05) is 18.7 Å². The molecule has 0 atom stereocenters. The van der Waals surface area contributed by atoms with Crippen molar-refractivity contribution in [2.24, 2.45) is 0 Å². The normalized spacial score (nSPS) is 9.69. The molecule has 13 heavy (non-hydrogen) atoms. The zero-order valence-electron chi connectivity index (χ0n) is 7.59. The Morgan fingerprint density at radius 3 is 3.08 bits per heavy atom. The quantitative estimate of drug-likeness (QED) is 0.526. The first-order valence-electron chi connectivity index (χ1n) is 4.07. The molecule has 0 saturated heterocycles. The molecule has 0 aliphatic heterocycles. The van der Waals surface area contributed by atoms with E-state index in [1.54, 1.807) is 6.07 Å². The first-order valence-corrected chi connectivity index (χ1v) is 4.07. The van der Waals surface area contributed by atoms with E-state index in [2.05, 4.69) is 11.6 Å². The van der Waals surface area contributed by atoms with Gasteiger partial charge in [-0.25, -0.2) is 4.98 Å². The lowest BCUT2D eigenvalue weighted by Crippen LogP contribution is -1.98. The van der Waals surface area contributed by atoms with Gasteiger partial charge in [0.1, 0.15) is 5.75 Å². The molecule has 1 rings (SSSR count). The first-order chi connectivity index (χ1) is 6.18. The van der Waals surface area contributed by atoms with E-state index in [0.29, 0.717) is 12.4 Å². The van der Waals surface area contributed by atoms with Gasteiger partial charge in [0.2, 0.25) is 5.95 Å². The number of pyridine rings is 1. The zero-order chi connectivity index (χ0) is 9.68. The highest BCUT2D eigenvalue weighted by atomic mass is 19.1. The fourth-order valence-electron chi connectivity index (χ4n) is 0.818. The molecule has 0 saturated carbocycles. The summed E-state index contributed by atoms with van der Waals surface area (Å²) >= 11 is 0. The average Bonchev–Trinajstić information content (AvgIpc) is 2.03. The highest BCUT2D eigenvalue weighted by molar-refractivity contribution is 5.17. The van der Waals surface area contributed by atoms with Gasteiger partial charge in [0.25, 0.3) is 0 Å². The molecule has 1 heterocycles. The maximum absolute atomic E-state index is 12.5. The molecular weight excluding hydrogens is 169 g/mol. The number of hydrogen-bond acceptors (Lipinski definition) is 2. The van der Waals surface area contributed by atoms with Gasteiger partial charge >= 0.3 is 0 Å². The molecule has 2 nitrogen and oxygen atoms in total. The van der Waals surface area contributed by atoms with Crippen LogP contribution in [0.5, 0.6) is 5.75 Å². The molecule has 0 unspecified atom stereocenters. The van der Waals surface area contributed by atoms with Gasteiger partial charge in [0.15, 0.2) is 0 Å². The molecule has 1 aromatic rings. The van der Waals surface area contributed by atoms with E-state index in [1.165, 1.54) is 12.3 Å². The number of halogens is 1. The van der Waals surface area contributed by atoms with Crippen molar-refractivity contribution in [2.45, 2.75) is 13.3 Å². The summed E-state index contributed by atoms with van der Waals surface area (Å²) in [6, 6.07) is 2.89. The molecule has 0 aliphatic rings. The van der Waals surface area contributed by atoms with Gasteiger partial charge < -0.3 is 4.74 Å². The topological polar surface area (TPSA) is 22.1 Å². The SMILES string of the molecule is C=C(C)CCOc1ccnc(F)c1. The molecule has 3 heteroatoms. The molecule has 0 spiro atoms. The molecule has 0 radical (unpaired) electrons. The highest BCUT2D eigenvalue weighted by Gasteiger charge is 1.96. The predicted molar refractivity (Wildman–Crippen MR) is 49.1 cm³/mol. The zero-order valence-corrected chi connectivity index (χ0v) is 7.59. The van der Waals surface area contributed by atoms with Crippen LogP contribution < -0.4 is 4.74 Å². The minimum Gasteiger partial charge on any atom is -0.493 e. The lowest BCUT2D eigenvalue weighted by atomic mass is 10.3. The molecule has 0 amide bonds. The van der Waals surface area contributed by atoms with Gasteiger partial charge in [-0.3, -0.25) is 0 Å². The van der Waals surface area contributed by atoms with Gasteiger partial charge in [-0.1, -0.05) is 5.57 Å². The molecule has 1 aromatic heterocycles. The predicted octanol–water partition coefficient (Wildman–Crippen LogP) is 2.57. The third-order valence-corrected chi connectivity index (χ3v) is 1.50. The Bertz CT molecular complexity index is 299. The summed E-state index contributed by atoms with van der Waals surface area (Å²) < 4.78 is 17.8. The molecule has 0 fully saturated rings. The number of ether oxygens (including phenoxy) is 1. The second-order valence-corrected chi connectivity index (χ2v) is 2.87. The van der Waals surface area contributed by atoms with E-state index >= 15 is 0 Å². The second-order valence-electron chi connectivity index (χ2n) is 2.87. The van der Waals surface area contributed by atoms with E-state index < -0.39 is 5.95 Å². The Kier molecular flexibility index (Phi) is 3.43. The summed E-state index contributed by atoms with van der Waals surface area (Å²) in [4.78, 5) is 3.42. The average molecular weight is 181 g/mol. The fourth-order valence-corrected chi connectivity index (χ4v) is 0.818. The number of rotatable bonds is 4. The van der Waals surface area contributed by atoms with Crippen molar-refractivity contribution in [1.29, 1.82) is 0 Å². The standard InChI is InChI=1S/C10H12FNO/c1-8(2)4-6-13-9-3-5-12-10(11)7-9/h3,5,7H,1,4,6H2,2H3. The molecule has 0 bridgehead atoms. The van der Waals surface area contributed by atoms with Crippen LogP contribution in [0, 0.1) is 5.95 Å². The smallest absolute Gasteiger partial charge is 0.216 e. The number of hydrogen-bond donors (Lipinski definition) is 0. The maximum atomic E-state index is 12.5. The van der Waals surface area contributed by atoms with E-state index in [0.717, 1.165) is 12.0 Å². The van der Waals surface area contributed by atoms with Crippen molar-refractivity contribution in [3.05, 3.63) is 36.4 Å². The third kappa shape index (κ3) is 3.69. The largest absolute Gasteiger partial charge is 0.493 e. The van der Waals surface area contributed by atoms with Crippen LogP contribution in [0.2, 0.25) is 0 Å². The lowest BCUT2D eigenvalue weighted by molar-refractivity contribution is 0.319. The maximum Gasteiger partial charge on any atom is 0.216 e. The molecule has 0 N–H and O–H groups in total. The molecule has 70 valence electrons. The summed E-state index contributed by atoms with van der Waals surface area (Å²) in [5, 5.41) is 0. The van der Waals surface area contributed by atoms with Crippen molar-refractivity contribution >= 4 is 0 Å². The van der Waals surface area contributed by atoms with Crippen LogP contribution in [-0.2, 0) is 0 Å². The van der Waals surface area contributed by atoms with Crippen LogP contribution in [0.3, 0.4) is 0 Å². The van der Waals surface area contributed by atoms with E-state index in [-0.39, 0.29) is 0 Å². The van der Waals surface area contributed by atoms with Gasteiger partial charge in [-0.05, 0) is 13.0 Å². The Morgan fingerprint density at radius 1 is 1.69 bits per heavy atom. The Labute approximate surface area is 77.1 Å². The van der Waals surface area contributed by atoms with Crippen LogP contribution >= 0.6 is 0 Å². The van der Waals surface area contributed by atoms with Crippen molar-refractivity contribution in [3.8, 4) is 5.75 Å². The second kappa shape index (κ2) is 4.60. The lowest BCUT2D eigenvalue weighted by Gasteiger charge is -2.04. The molecule has 0 aliphatic carbocycles. The van der Waals surface area contributed by atoms with Gasteiger partial charge in [-0.15, -0.1) is 6.58 Å². The Balaban J connectivity index is 2.41. The molecule has 0 aromatic carbocycles. The minimum atomic E-state index is -0.521. The molecular formula is C10H12FNO. The Hall–Kier alpha value is -1.38. The third-order valence-electron chi connectivity index (χ3n) is 1.50. The summed E-state index contributed by atoms with van der Waals surface area (Å²) in [5.41, 5.74) is 1.05. The van der Waals surface area contributed by atoms with Crippen molar-refractivity contribution < 1.29 is 9.13 Å². The first kappa shape index (κ1) is 9.71. The summed E-state index contributed by atoms with van der Waals surface area (Å²) in [6.07, 6.45) is 2.16. The number of nitrogens with zero attached hydrogens (tertiary/aromatic N) is 1. The fraction of sp³-hybridized carbons (Fsp3) is 0.300. The van der Waals surface area contributed by atoms with Crippen LogP contribution in [0.1, 0.15) is 13.3 Å². The summed E-state index contributed by atoms with van der Waals surface area (Å²) in [6.45, 7) is 6.19. The van der Waals surface area contributed by atoms with Crippen LogP contribution in [0.4, 0.5) is 4.39 Å². The van der Waals surface area contributed by atoms with E-state index in [1.807, 2.05) is 6.92 Å². The van der Waals surface area contributed by atoms with Crippen molar-refractivity contribution in [2.75, 3.05) is 6.61 Å². The summed E-state index contributed by atoms with van der Waals surface area (Å²) in [7, 11) is 0. The van der Waals surface area contributed by atoms with E-state index in [4.69, 9.17) is 4.74 Å². The van der Waals surface area contributed by atoms with E-state index in [9.17, 15) is 4.39 Å². The Morgan fingerprint density at radius 2 is 2.46 bits per heavy atom. The highest BCUT2D eigenvalue weighted by Crippen LogP contribution is 2.10. The van der Waals surface area contributed by atoms with Crippen molar-refractivity contribution in [1.82, 2.24) is 4.98 Å². The number of aromatic nitrogens is 1. The van der Waals surface area contributed by atoms with Gasteiger partial charge in [0.05, 0.1) is 6.61 Å². The van der Waals surface area contributed by atoms with Crippen LogP contribution in [0.25, 0.3) is 0 Å². The van der Waals surface area contributed by atoms with Gasteiger partial charge in [-0.2, -0.15) is 4.39 Å². The minimum absolute atomic E-state index is 0.508.